The summed E-state index contributed by atoms with van der Waals surface area (Å²) in [5.41, 5.74) is 0. The van der Waals surface area contributed by atoms with Crippen LogP contribution in [-0.4, -0.2) is 61.4 Å². The van der Waals surface area contributed by atoms with Gasteiger partial charge < -0.3 is 14.4 Å². The van der Waals surface area contributed by atoms with E-state index in [0.29, 0.717) is 18.8 Å². The molecule has 8 heteroatoms. The highest BCUT2D eigenvalue weighted by Gasteiger charge is 2.37. The molecule has 0 spiro atoms. The molecule has 2 fully saturated rings. The number of nitrogens with zero attached hydrogens (tertiary/aromatic N) is 2. The summed E-state index contributed by atoms with van der Waals surface area (Å²) in [7, 11) is 0. The molecule has 1 saturated heterocycles. The third-order valence-electron chi connectivity index (χ3n) is 6.05. The van der Waals surface area contributed by atoms with Crippen molar-refractivity contribution in [3.63, 3.8) is 0 Å². The summed E-state index contributed by atoms with van der Waals surface area (Å²) in [6.07, 6.45) is 2.60. The number of carbonyl (C=O) groups is 1. The first-order valence-electron chi connectivity index (χ1n) is 10.0. The Morgan fingerprint density at radius 3 is 2.28 bits per heavy atom. The Morgan fingerprint density at radius 2 is 1.69 bits per heavy atom. The molecule has 1 heterocycles. The van der Waals surface area contributed by atoms with Crippen molar-refractivity contribution in [1.82, 2.24) is 9.80 Å². The number of fused-ring (bicyclic) bond motifs is 2. The number of carbonyl (C=O) groups excluding carboxylic acids is 1. The van der Waals surface area contributed by atoms with Gasteiger partial charge in [0.15, 0.2) is 6.61 Å². The number of hydrogen-bond donors (Lipinski definition) is 0. The minimum atomic E-state index is -4.73. The number of allylic oxidation sites excluding steroid dienone is 2. The second-order valence-corrected chi connectivity index (χ2v) is 8.03. The lowest BCUT2D eigenvalue weighted by Gasteiger charge is -2.36. The quantitative estimate of drug-likeness (QED) is 0.675. The average Bonchev–Trinajstić information content (AvgIpc) is 3.30. The summed E-state index contributed by atoms with van der Waals surface area (Å²) in [5, 5.41) is 0. The first-order chi connectivity index (χ1) is 13.9. The van der Waals surface area contributed by atoms with E-state index in [1.807, 2.05) is 0 Å². The van der Waals surface area contributed by atoms with Crippen molar-refractivity contribution in [2.24, 2.45) is 17.8 Å². The van der Waals surface area contributed by atoms with Crippen molar-refractivity contribution in [2.45, 2.75) is 19.2 Å². The lowest BCUT2D eigenvalue weighted by Crippen LogP contribution is -2.51. The molecule has 5 nitrogen and oxygen atoms in total. The summed E-state index contributed by atoms with van der Waals surface area (Å²) >= 11 is 0. The maximum absolute atomic E-state index is 12.4. The van der Waals surface area contributed by atoms with Crippen molar-refractivity contribution in [3.05, 3.63) is 36.4 Å². The van der Waals surface area contributed by atoms with Crippen molar-refractivity contribution in [3.8, 4) is 11.5 Å². The molecule has 1 saturated carbocycles. The van der Waals surface area contributed by atoms with Crippen molar-refractivity contribution >= 4 is 5.91 Å². The highest BCUT2D eigenvalue weighted by atomic mass is 19.4. The molecular weight excluding hydrogens is 385 g/mol. The normalized spacial score (nSPS) is 26.7. The van der Waals surface area contributed by atoms with Gasteiger partial charge in [-0.05, 0) is 54.9 Å². The fraction of sp³-hybridized carbons (Fsp3) is 0.571. The van der Waals surface area contributed by atoms with E-state index in [9.17, 15) is 18.0 Å². The first-order valence-corrected chi connectivity index (χ1v) is 10.0. The molecule has 1 aromatic rings. The van der Waals surface area contributed by atoms with Gasteiger partial charge in [0.1, 0.15) is 11.5 Å². The minimum absolute atomic E-state index is 0.108. The molecule has 4 rings (SSSR count). The average molecular weight is 410 g/mol. The SMILES string of the molecule is O=C(COc1ccc(OC(F)(F)F)cc1)N1CCN(CC2CC3C=CC2C3)CC1. The number of amides is 1. The van der Waals surface area contributed by atoms with E-state index in [4.69, 9.17) is 4.74 Å². The van der Waals surface area contributed by atoms with E-state index in [0.717, 1.165) is 49.5 Å². The summed E-state index contributed by atoms with van der Waals surface area (Å²) in [6.45, 7) is 4.07. The predicted molar refractivity (Wildman–Crippen MR) is 100 cm³/mol. The van der Waals surface area contributed by atoms with E-state index in [1.165, 1.54) is 25.0 Å². The maximum Gasteiger partial charge on any atom is 0.573 e. The Balaban J connectivity index is 1.18. The molecule has 3 aliphatic rings. The van der Waals surface area contributed by atoms with Crippen LogP contribution in [0.5, 0.6) is 11.5 Å². The summed E-state index contributed by atoms with van der Waals surface area (Å²) in [6, 6.07) is 5.04. The smallest absolute Gasteiger partial charge is 0.484 e. The molecule has 1 aliphatic heterocycles. The number of rotatable bonds is 6. The highest BCUT2D eigenvalue weighted by Crippen LogP contribution is 2.43. The second-order valence-electron chi connectivity index (χ2n) is 8.03. The molecule has 0 radical (unpaired) electrons. The molecule has 0 aromatic heterocycles. The fourth-order valence-corrected chi connectivity index (χ4v) is 4.59. The van der Waals surface area contributed by atoms with Gasteiger partial charge in [0.05, 0.1) is 0 Å². The third kappa shape index (κ3) is 5.23. The zero-order chi connectivity index (χ0) is 20.4. The molecule has 3 unspecified atom stereocenters. The molecule has 0 N–H and O–H groups in total. The Kier molecular flexibility index (Phi) is 5.72. The fourth-order valence-electron chi connectivity index (χ4n) is 4.59. The van der Waals surface area contributed by atoms with Gasteiger partial charge in [0, 0.05) is 32.7 Å². The van der Waals surface area contributed by atoms with Gasteiger partial charge in [-0.15, -0.1) is 13.2 Å². The van der Waals surface area contributed by atoms with Gasteiger partial charge in [-0.2, -0.15) is 0 Å². The maximum atomic E-state index is 12.4. The standard InChI is InChI=1S/C21H25F3N2O3/c22-21(23,24)29-19-5-3-18(4-6-19)28-14-20(27)26-9-7-25(8-10-26)13-17-12-15-1-2-16(17)11-15/h1-6,15-17H,7-14H2. The number of halogens is 3. The first kappa shape index (κ1) is 20.1. The molecule has 2 aliphatic carbocycles. The Labute approximate surface area is 168 Å². The van der Waals surface area contributed by atoms with Crippen LogP contribution < -0.4 is 9.47 Å². The van der Waals surface area contributed by atoms with Crippen LogP contribution in [-0.2, 0) is 4.79 Å². The van der Waals surface area contributed by atoms with Gasteiger partial charge in [0.2, 0.25) is 0 Å². The summed E-state index contributed by atoms with van der Waals surface area (Å²) in [5.74, 6) is 2.16. The Bertz CT molecular complexity index is 743. The number of alkyl halides is 3. The largest absolute Gasteiger partial charge is 0.573 e. The topological polar surface area (TPSA) is 42.0 Å². The monoisotopic (exact) mass is 410 g/mol. The lowest BCUT2D eigenvalue weighted by molar-refractivity contribution is -0.274. The van der Waals surface area contributed by atoms with Gasteiger partial charge >= 0.3 is 6.36 Å². The van der Waals surface area contributed by atoms with Crippen LogP contribution in [0.4, 0.5) is 13.2 Å². The Hall–Kier alpha value is -2.22. The Morgan fingerprint density at radius 1 is 1.00 bits per heavy atom. The van der Waals surface area contributed by atoms with Crippen LogP contribution in [0, 0.1) is 17.8 Å². The van der Waals surface area contributed by atoms with Crippen LogP contribution in [0.1, 0.15) is 12.8 Å². The van der Waals surface area contributed by atoms with Crippen molar-refractivity contribution < 1.29 is 27.4 Å². The number of ether oxygens (including phenoxy) is 2. The van der Waals surface area contributed by atoms with Gasteiger partial charge in [-0.25, -0.2) is 0 Å². The molecule has 158 valence electrons. The second kappa shape index (κ2) is 8.26. The molecule has 2 bridgehead atoms. The number of hydrogen-bond acceptors (Lipinski definition) is 4. The van der Waals surface area contributed by atoms with Crippen LogP contribution in [0.2, 0.25) is 0 Å². The molecular formula is C21H25F3N2O3. The van der Waals surface area contributed by atoms with Crippen LogP contribution in [0.15, 0.2) is 36.4 Å². The zero-order valence-corrected chi connectivity index (χ0v) is 16.1. The van der Waals surface area contributed by atoms with Gasteiger partial charge in [-0.1, -0.05) is 12.2 Å². The molecule has 1 amide bonds. The van der Waals surface area contributed by atoms with Crippen molar-refractivity contribution in [2.75, 3.05) is 39.3 Å². The van der Waals surface area contributed by atoms with Crippen LogP contribution in [0.3, 0.4) is 0 Å². The van der Waals surface area contributed by atoms with Crippen LogP contribution >= 0.6 is 0 Å². The van der Waals surface area contributed by atoms with E-state index < -0.39 is 6.36 Å². The lowest BCUT2D eigenvalue weighted by atomic mass is 9.93. The predicted octanol–water partition coefficient (Wildman–Crippen LogP) is 3.32. The van der Waals surface area contributed by atoms with E-state index in [2.05, 4.69) is 21.8 Å². The molecule has 29 heavy (non-hydrogen) atoms. The molecule has 1 aromatic carbocycles. The van der Waals surface area contributed by atoms with Gasteiger partial charge in [0.25, 0.3) is 5.91 Å². The summed E-state index contributed by atoms with van der Waals surface area (Å²) < 4.78 is 45.8. The molecule has 3 atom stereocenters. The number of benzene rings is 1. The summed E-state index contributed by atoms with van der Waals surface area (Å²) in [4.78, 5) is 16.6. The van der Waals surface area contributed by atoms with Crippen LogP contribution in [0.25, 0.3) is 0 Å². The highest BCUT2D eigenvalue weighted by molar-refractivity contribution is 5.77. The van der Waals surface area contributed by atoms with E-state index in [-0.39, 0.29) is 18.3 Å². The van der Waals surface area contributed by atoms with E-state index in [1.54, 1.807) is 4.90 Å². The zero-order valence-electron chi connectivity index (χ0n) is 16.1. The third-order valence-corrected chi connectivity index (χ3v) is 6.05. The van der Waals surface area contributed by atoms with E-state index >= 15 is 0 Å². The van der Waals surface area contributed by atoms with Gasteiger partial charge in [-0.3, -0.25) is 9.69 Å². The minimum Gasteiger partial charge on any atom is -0.484 e. The number of piperazine rings is 1. The van der Waals surface area contributed by atoms with Crippen molar-refractivity contribution in [1.29, 1.82) is 0 Å².